The van der Waals surface area contributed by atoms with Crippen LogP contribution in [0.2, 0.25) is 5.02 Å². The lowest BCUT2D eigenvalue weighted by Crippen LogP contribution is -2.10. The molecule has 0 saturated carbocycles. The summed E-state index contributed by atoms with van der Waals surface area (Å²) in [7, 11) is 1.60. The Morgan fingerprint density at radius 3 is 2.86 bits per heavy atom. The van der Waals surface area contributed by atoms with Gasteiger partial charge in [0, 0.05) is 17.8 Å². The molecule has 1 unspecified atom stereocenters. The van der Waals surface area contributed by atoms with Crippen LogP contribution in [0.25, 0.3) is 0 Å². The van der Waals surface area contributed by atoms with Crippen LogP contribution in [0.5, 0.6) is 5.75 Å². The molecule has 2 nitrogen and oxygen atoms in total. The Morgan fingerprint density at radius 1 is 1.57 bits per heavy atom. The molecule has 0 amide bonds. The highest BCUT2D eigenvalue weighted by Gasteiger charge is 2.02. The van der Waals surface area contributed by atoms with Crippen molar-refractivity contribution >= 4 is 17.3 Å². The summed E-state index contributed by atoms with van der Waals surface area (Å²) in [4.78, 5) is 0. The predicted octanol–water partition coefficient (Wildman–Crippen LogP) is 3.34. The highest BCUT2D eigenvalue weighted by Crippen LogP contribution is 2.27. The van der Waals surface area contributed by atoms with E-state index in [1.165, 1.54) is 0 Å². The van der Waals surface area contributed by atoms with Gasteiger partial charge in [0.05, 0.1) is 12.1 Å². The van der Waals surface area contributed by atoms with Gasteiger partial charge in [-0.2, -0.15) is 0 Å². The van der Waals surface area contributed by atoms with Crippen molar-refractivity contribution in [2.45, 2.75) is 13.0 Å². The molecule has 14 heavy (non-hydrogen) atoms. The van der Waals surface area contributed by atoms with Crippen LogP contribution in [0.3, 0.4) is 0 Å². The van der Waals surface area contributed by atoms with E-state index in [4.69, 9.17) is 16.3 Å². The summed E-state index contributed by atoms with van der Waals surface area (Å²) in [5.74, 6) is 0.674. The van der Waals surface area contributed by atoms with Crippen LogP contribution in [0.1, 0.15) is 6.92 Å². The number of hydrogen-bond donors (Lipinski definition) is 1. The van der Waals surface area contributed by atoms with Gasteiger partial charge in [0.15, 0.2) is 0 Å². The number of nitrogens with one attached hydrogen (secondary N) is 1. The van der Waals surface area contributed by atoms with Crippen molar-refractivity contribution in [2.75, 3.05) is 12.4 Å². The maximum Gasteiger partial charge on any atom is 0.139 e. The number of hydrogen-bond acceptors (Lipinski definition) is 2. The van der Waals surface area contributed by atoms with Gasteiger partial charge in [0.1, 0.15) is 5.75 Å². The molecule has 1 aromatic carbocycles. The zero-order chi connectivity index (χ0) is 10.6. The molecule has 0 spiro atoms. The fourth-order valence-electron chi connectivity index (χ4n) is 1.07. The quantitative estimate of drug-likeness (QED) is 0.772. The van der Waals surface area contributed by atoms with Crippen LogP contribution in [-0.2, 0) is 0 Å². The third-order valence-corrected chi connectivity index (χ3v) is 2.21. The Balaban J connectivity index is 2.84. The minimum atomic E-state index is 0.223. The molecule has 0 saturated heterocycles. The van der Waals surface area contributed by atoms with E-state index in [1.54, 1.807) is 13.2 Å². The van der Waals surface area contributed by atoms with Gasteiger partial charge in [0.2, 0.25) is 0 Å². The summed E-state index contributed by atoms with van der Waals surface area (Å²) in [5.41, 5.74) is 0.971. The minimum Gasteiger partial charge on any atom is -0.495 e. The highest BCUT2D eigenvalue weighted by atomic mass is 35.5. The van der Waals surface area contributed by atoms with Crippen LogP contribution in [0, 0.1) is 0 Å². The van der Waals surface area contributed by atoms with Gasteiger partial charge in [0.25, 0.3) is 0 Å². The molecule has 1 N–H and O–H groups in total. The van der Waals surface area contributed by atoms with Crippen molar-refractivity contribution in [3.63, 3.8) is 0 Å². The molecule has 0 aromatic heterocycles. The Morgan fingerprint density at radius 2 is 2.29 bits per heavy atom. The Kier molecular flexibility index (Phi) is 3.84. The van der Waals surface area contributed by atoms with E-state index < -0.39 is 0 Å². The van der Waals surface area contributed by atoms with E-state index in [0.29, 0.717) is 10.8 Å². The Hall–Kier alpha value is -1.15. The van der Waals surface area contributed by atoms with Gasteiger partial charge in [-0.3, -0.25) is 0 Å². The maximum atomic E-state index is 5.89. The Bertz CT molecular complexity index is 325. The van der Waals surface area contributed by atoms with Crippen molar-refractivity contribution < 1.29 is 4.74 Å². The summed E-state index contributed by atoms with van der Waals surface area (Å²) >= 11 is 5.89. The normalized spacial score (nSPS) is 11.9. The lowest BCUT2D eigenvalue weighted by atomic mass is 10.2. The molecule has 0 aliphatic heterocycles. The van der Waals surface area contributed by atoms with E-state index in [0.717, 1.165) is 5.69 Å². The summed E-state index contributed by atoms with van der Waals surface area (Å²) in [6.45, 7) is 5.72. The van der Waals surface area contributed by atoms with E-state index in [-0.39, 0.29) is 6.04 Å². The van der Waals surface area contributed by atoms with Crippen molar-refractivity contribution in [2.24, 2.45) is 0 Å². The summed E-state index contributed by atoms with van der Waals surface area (Å²) < 4.78 is 5.10. The average Bonchev–Trinajstić information content (AvgIpc) is 2.20. The number of ether oxygens (including phenoxy) is 1. The largest absolute Gasteiger partial charge is 0.495 e. The van der Waals surface area contributed by atoms with Crippen molar-refractivity contribution in [3.8, 4) is 5.75 Å². The number of anilines is 1. The number of halogens is 1. The van der Waals surface area contributed by atoms with Crippen LogP contribution in [-0.4, -0.2) is 13.2 Å². The summed E-state index contributed by atoms with van der Waals surface area (Å²) in [6.07, 6.45) is 1.83. The second-order valence-corrected chi connectivity index (χ2v) is 3.43. The van der Waals surface area contributed by atoms with Crippen molar-refractivity contribution in [3.05, 3.63) is 35.9 Å². The molecule has 0 aliphatic rings. The predicted molar refractivity (Wildman–Crippen MR) is 61.3 cm³/mol. The first-order valence-electron chi connectivity index (χ1n) is 4.40. The zero-order valence-electron chi connectivity index (χ0n) is 8.38. The van der Waals surface area contributed by atoms with Crippen molar-refractivity contribution in [1.29, 1.82) is 0 Å². The van der Waals surface area contributed by atoms with Crippen molar-refractivity contribution in [1.82, 2.24) is 0 Å². The van der Waals surface area contributed by atoms with E-state index >= 15 is 0 Å². The molecule has 0 radical (unpaired) electrons. The van der Waals surface area contributed by atoms with Gasteiger partial charge >= 0.3 is 0 Å². The maximum absolute atomic E-state index is 5.89. The first-order valence-corrected chi connectivity index (χ1v) is 4.77. The zero-order valence-corrected chi connectivity index (χ0v) is 9.14. The van der Waals surface area contributed by atoms with Gasteiger partial charge in [-0.1, -0.05) is 17.7 Å². The molecule has 1 aromatic rings. The highest BCUT2D eigenvalue weighted by molar-refractivity contribution is 6.32. The van der Waals surface area contributed by atoms with E-state index in [2.05, 4.69) is 11.9 Å². The molecular formula is C11H14ClNO. The third-order valence-electron chi connectivity index (χ3n) is 1.90. The van der Waals surface area contributed by atoms with Crippen LogP contribution in [0.4, 0.5) is 5.69 Å². The smallest absolute Gasteiger partial charge is 0.139 e. The minimum absolute atomic E-state index is 0.223. The molecule has 0 bridgehead atoms. The first-order chi connectivity index (χ1) is 6.67. The molecule has 1 rings (SSSR count). The SMILES string of the molecule is C=CC(C)Nc1ccc(Cl)c(OC)c1. The lowest BCUT2D eigenvalue weighted by molar-refractivity contribution is 0.415. The molecule has 1 atom stereocenters. The second kappa shape index (κ2) is 4.91. The molecular weight excluding hydrogens is 198 g/mol. The van der Waals surface area contributed by atoms with Gasteiger partial charge in [-0.15, -0.1) is 6.58 Å². The lowest BCUT2D eigenvalue weighted by Gasteiger charge is -2.12. The molecule has 3 heteroatoms. The third kappa shape index (κ3) is 2.67. The van der Waals surface area contributed by atoms with Gasteiger partial charge < -0.3 is 10.1 Å². The van der Waals surface area contributed by atoms with Gasteiger partial charge in [-0.25, -0.2) is 0 Å². The second-order valence-electron chi connectivity index (χ2n) is 3.02. The number of rotatable bonds is 4. The van der Waals surface area contributed by atoms with Crippen LogP contribution in [0.15, 0.2) is 30.9 Å². The van der Waals surface area contributed by atoms with Crippen LogP contribution >= 0.6 is 11.6 Å². The average molecular weight is 212 g/mol. The fraction of sp³-hybridized carbons (Fsp3) is 0.273. The molecule has 0 aliphatic carbocycles. The number of methoxy groups -OCH3 is 1. The standard InChI is InChI=1S/C11H14ClNO/c1-4-8(2)13-9-5-6-10(12)11(7-9)14-3/h4-8,13H,1H2,2-3H3. The number of benzene rings is 1. The summed E-state index contributed by atoms with van der Waals surface area (Å²) in [5, 5.41) is 3.85. The monoisotopic (exact) mass is 211 g/mol. The molecule has 0 fully saturated rings. The molecule has 0 heterocycles. The topological polar surface area (TPSA) is 21.3 Å². The molecule has 76 valence electrons. The van der Waals surface area contributed by atoms with E-state index in [1.807, 2.05) is 25.1 Å². The fourth-order valence-corrected chi connectivity index (χ4v) is 1.27. The first kappa shape index (κ1) is 10.9. The Labute approximate surface area is 89.5 Å². The van der Waals surface area contributed by atoms with Gasteiger partial charge in [-0.05, 0) is 19.1 Å². The summed E-state index contributed by atoms with van der Waals surface area (Å²) in [6, 6.07) is 5.80. The van der Waals surface area contributed by atoms with Crippen LogP contribution < -0.4 is 10.1 Å². The van der Waals surface area contributed by atoms with E-state index in [9.17, 15) is 0 Å².